The van der Waals surface area contributed by atoms with E-state index in [4.69, 9.17) is 13.0 Å². The zero-order valence-electron chi connectivity index (χ0n) is 19.2. The second-order valence-electron chi connectivity index (χ2n) is 7.64. The molecular formula is C21H48O4SiTi. The number of unbranched alkanes of at least 4 members (excludes halogenated alkanes) is 3. The fourth-order valence-corrected chi connectivity index (χ4v) is 14.9. The van der Waals surface area contributed by atoms with Gasteiger partial charge in [0.1, 0.15) is 0 Å². The summed E-state index contributed by atoms with van der Waals surface area (Å²) in [6, 6.07) is 3.56. The zero-order chi connectivity index (χ0) is 20.4. The van der Waals surface area contributed by atoms with Gasteiger partial charge >= 0.3 is 177 Å². The summed E-state index contributed by atoms with van der Waals surface area (Å²) in [7, 11) is -1.90. The molecule has 0 unspecified atom stereocenters. The second kappa shape index (κ2) is 17.6. The van der Waals surface area contributed by atoms with E-state index in [1.807, 2.05) is 0 Å². The molecule has 0 heterocycles. The monoisotopic (exact) mass is 440 g/mol. The molecule has 0 rings (SSSR count). The molecule has 0 atom stereocenters. The summed E-state index contributed by atoms with van der Waals surface area (Å²) < 4.78 is 26.3. The molecule has 4 nitrogen and oxygen atoms in total. The normalized spacial score (nSPS) is 12.7. The Kier molecular flexibility index (Phi) is 18.1. The van der Waals surface area contributed by atoms with E-state index < -0.39 is 26.5 Å². The van der Waals surface area contributed by atoms with Crippen molar-refractivity contribution in [1.82, 2.24) is 0 Å². The molecule has 0 fully saturated rings. The van der Waals surface area contributed by atoms with Gasteiger partial charge in [0.2, 0.25) is 0 Å². The van der Waals surface area contributed by atoms with Crippen molar-refractivity contribution in [2.24, 2.45) is 0 Å². The van der Waals surface area contributed by atoms with Crippen molar-refractivity contribution in [3.63, 3.8) is 0 Å². The van der Waals surface area contributed by atoms with Gasteiger partial charge in [0, 0.05) is 0 Å². The molecule has 0 spiro atoms. The third-order valence-electron chi connectivity index (χ3n) is 4.79. The molecule has 0 N–H and O–H groups in total. The van der Waals surface area contributed by atoms with Crippen LogP contribution in [0.1, 0.15) is 99.3 Å². The van der Waals surface area contributed by atoms with Gasteiger partial charge in [0.05, 0.1) is 0 Å². The summed E-state index contributed by atoms with van der Waals surface area (Å²) in [6.07, 6.45) is 9.96. The van der Waals surface area contributed by atoms with Crippen LogP contribution < -0.4 is 0 Å². The Morgan fingerprint density at radius 2 is 0.852 bits per heavy atom. The van der Waals surface area contributed by atoms with Crippen molar-refractivity contribution < 1.29 is 31.1 Å². The van der Waals surface area contributed by atoms with Crippen LogP contribution in [0.4, 0.5) is 0 Å². The minimum atomic E-state index is -3.72. The van der Waals surface area contributed by atoms with Gasteiger partial charge < -0.3 is 0 Å². The molecule has 0 bridgehead atoms. The molecule has 0 amide bonds. The van der Waals surface area contributed by atoms with Crippen LogP contribution in [0.2, 0.25) is 18.1 Å². The van der Waals surface area contributed by atoms with Crippen LogP contribution in [-0.2, 0) is 31.1 Å². The third kappa shape index (κ3) is 12.1. The predicted octanol–water partition coefficient (Wildman–Crippen LogP) is 7.44. The van der Waals surface area contributed by atoms with E-state index in [0.29, 0.717) is 19.8 Å². The molecule has 6 heteroatoms. The molecule has 0 aliphatic rings. The first kappa shape index (κ1) is 27.8. The van der Waals surface area contributed by atoms with Crippen LogP contribution in [0.3, 0.4) is 0 Å². The van der Waals surface area contributed by atoms with Gasteiger partial charge in [-0.2, -0.15) is 0 Å². The van der Waals surface area contributed by atoms with E-state index in [9.17, 15) is 0 Å². The molecule has 0 saturated heterocycles. The number of hydrogen-bond acceptors (Lipinski definition) is 4. The fraction of sp³-hybridized carbons (Fsp3) is 1.00. The molecule has 0 radical (unpaired) electrons. The van der Waals surface area contributed by atoms with E-state index in [-0.39, 0.29) is 0 Å². The maximum absolute atomic E-state index is 7.05. The first-order valence-corrected chi connectivity index (χ1v) is 16.8. The Balaban J connectivity index is 5.55. The average molecular weight is 441 g/mol. The van der Waals surface area contributed by atoms with E-state index in [0.717, 1.165) is 38.5 Å². The van der Waals surface area contributed by atoms with Crippen molar-refractivity contribution in [2.75, 3.05) is 19.8 Å². The topological polar surface area (TPSA) is 36.9 Å². The molecule has 27 heavy (non-hydrogen) atoms. The van der Waals surface area contributed by atoms with Crippen LogP contribution in [0.15, 0.2) is 0 Å². The molecular weight excluding hydrogens is 392 g/mol. The number of rotatable bonds is 20. The Bertz CT molecular complexity index is 288. The first-order chi connectivity index (χ1) is 13.1. The Hall–Kier alpha value is 0.771. The Morgan fingerprint density at radius 3 is 1.11 bits per heavy atom. The first-order valence-electron chi connectivity index (χ1n) is 11.7. The van der Waals surface area contributed by atoms with E-state index in [1.54, 1.807) is 0 Å². The Morgan fingerprint density at radius 1 is 0.519 bits per heavy atom. The van der Waals surface area contributed by atoms with E-state index in [1.165, 1.54) is 37.4 Å². The summed E-state index contributed by atoms with van der Waals surface area (Å²) in [5, 5.41) is 0. The van der Waals surface area contributed by atoms with Gasteiger partial charge in [-0.3, -0.25) is 0 Å². The van der Waals surface area contributed by atoms with E-state index in [2.05, 4.69) is 41.5 Å². The van der Waals surface area contributed by atoms with Gasteiger partial charge in [0.25, 0.3) is 0 Å². The Labute approximate surface area is 176 Å². The van der Waals surface area contributed by atoms with Crippen molar-refractivity contribution in [1.29, 1.82) is 0 Å². The maximum atomic E-state index is 7.05. The van der Waals surface area contributed by atoms with E-state index >= 15 is 0 Å². The predicted molar refractivity (Wildman–Crippen MR) is 115 cm³/mol. The average Bonchev–Trinajstić information content (AvgIpc) is 2.63. The van der Waals surface area contributed by atoms with Crippen molar-refractivity contribution in [2.45, 2.75) is 117 Å². The van der Waals surface area contributed by atoms with Crippen LogP contribution in [-0.4, -0.2) is 28.1 Å². The standard InChI is InChI=1S/C9H21OSi.3C4H9O.Ti/c1-4-7-11(10,8-5-2)9-6-3;3*1-2-3-4-5;/h4-9H2,1-3H3;3*2-4H2,1H3;/q4*-1;+4. The van der Waals surface area contributed by atoms with Gasteiger partial charge in [-0.25, -0.2) is 0 Å². The van der Waals surface area contributed by atoms with Crippen molar-refractivity contribution in [3.05, 3.63) is 0 Å². The summed E-state index contributed by atoms with van der Waals surface area (Å²) in [4.78, 5) is 0. The van der Waals surface area contributed by atoms with Crippen molar-refractivity contribution >= 4 is 8.32 Å². The SMILES string of the molecule is CCCC[O][Ti]([O]CCCC)([O]CCCC)[O][Si](CCC)(CCC)CCC. The third-order valence-corrected chi connectivity index (χ3v) is 15.5. The zero-order valence-corrected chi connectivity index (χ0v) is 21.8. The molecule has 0 aliphatic carbocycles. The fourth-order valence-electron chi connectivity index (χ4n) is 3.40. The summed E-state index contributed by atoms with van der Waals surface area (Å²) in [6.45, 7) is 15.5. The van der Waals surface area contributed by atoms with Gasteiger partial charge in [-0.05, 0) is 0 Å². The van der Waals surface area contributed by atoms with Gasteiger partial charge in [-0.1, -0.05) is 0 Å². The molecule has 0 aliphatic heterocycles. The summed E-state index contributed by atoms with van der Waals surface area (Å²) in [5.41, 5.74) is 0. The summed E-state index contributed by atoms with van der Waals surface area (Å²) in [5.74, 6) is 0. The summed E-state index contributed by atoms with van der Waals surface area (Å²) >= 11 is -3.72. The van der Waals surface area contributed by atoms with Crippen LogP contribution in [0, 0.1) is 0 Å². The second-order valence-corrected chi connectivity index (χ2v) is 15.6. The van der Waals surface area contributed by atoms with Crippen LogP contribution in [0.25, 0.3) is 0 Å². The molecule has 0 aromatic heterocycles. The van der Waals surface area contributed by atoms with Crippen molar-refractivity contribution in [3.8, 4) is 0 Å². The molecule has 0 aromatic rings. The van der Waals surface area contributed by atoms with Gasteiger partial charge in [-0.15, -0.1) is 0 Å². The van der Waals surface area contributed by atoms with Crippen LogP contribution in [0.5, 0.6) is 0 Å². The minimum absolute atomic E-state index is 0.698. The van der Waals surface area contributed by atoms with Crippen LogP contribution >= 0.6 is 0 Å². The quantitative estimate of drug-likeness (QED) is 0.146. The van der Waals surface area contributed by atoms with Gasteiger partial charge in [0.15, 0.2) is 0 Å². The number of hydrogen-bond donors (Lipinski definition) is 0. The molecule has 164 valence electrons. The molecule has 0 aromatic carbocycles. The molecule has 0 saturated carbocycles.